The number of fused-ring (bicyclic) bond motifs is 1. The number of aliphatic hydroxyl groups is 1. The molecule has 0 atom stereocenters. The topological polar surface area (TPSA) is 37.2 Å². The minimum absolute atomic E-state index is 0.0360. The number of benzene rings is 1. The molecular weight excluding hydrogens is 224 g/mol. The van der Waals surface area contributed by atoms with Crippen molar-refractivity contribution in [2.24, 2.45) is 7.05 Å². The lowest BCUT2D eigenvalue weighted by molar-refractivity contribution is 0.230. The van der Waals surface area contributed by atoms with Crippen molar-refractivity contribution >= 4 is 10.9 Å². The summed E-state index contributed by atoms with van der Waals surface area (Å²) in [5, 5.41) is 13.8. The number of para-hydroxylation sites is 1. The lowest BCUT2D eigenvalue weighted by Crippen LogP contribution is -2.39. The third-order valence-electron chi connectivity index (χ3n) is 3.47. The summed E-state index contributed by atoms with van der Waals surface area (Å²) in [6.07, 6.45) is 2.93. The Kier molecular flexibility index (Phi) is 3.73. The van der Waals surface area contributed by atoms with Gasteiger partial charge in [0.15, 0.2) is 0 Å². The monoisotopic (exact) mass is 246 g/mol. The molecule has 0 radical (unpaired) electrons. The molecule has 0 saturated heterocycles. The number of nitrogens with zero attached hydrogens (tertiary/aromatic N) is 1. The first-order chi connectivity index (χ1) is 8.53. The standard InChI is InChI=1S/C15H22N2O/c1-15(2,8-9-18)16-10-12-11-17(3)14-7-5-4-6-13(12)14/h4-7,11,16,18H,8-10H2,1-3H3. The maximum atomic E-state index is 9.03. The van der Waals surface area contributed by atoms with E-state index in [-0.39, 0.29) is 12.1 Å². The average Bonchev–Trinajstić information content (AvgIpc) is 2.65. The van der Waals surface area contributed by atoms with Gasteiger partial charge in [-0.3, -0.25) is 0 Å². The fraction of sp³-hybridized carbons (Fsp3) is 0.467. The summed E-state index contributed by atoms with van der Waals surface area (Å²) < 4.78 is 2.16. The lowest BCUT2D eigenvalue weighted by atomic mass is 10.0. The van der Waals surface area contributed by atoms with E-state index in [1.807, 2.05) is 0 Å². The van der Waals surface area contributed by atoms with Gasteiger partial charge in [0.1, 0.15) is 0 Å². The number of hydrogen-bond donors (Lipinski definition) is 2. The minimum atomic E-state index is -0.0360. The number of aromatic nitrogens is 1. The number of aryl methyl sites for hydroxylation is 1. The van der Waals surface area contributed by atoms with Gasteiger partial charge in [-0.05, 0) is 31.9 Å². The van der Waals surface area contributed by atoms with Crippen molar-refractivity contribution < 1.29 is 5.11 Å². The molecule has 2 N–H and O–H groups in total. The van der Waals surface area contributed by atoms with Gasteiger partial charge in [-0.15, -0.1) is 0 Å². The fourth-order valence-corrected chi connectivity index (χ4v) is 2.27. The first kappa shape index (κ1) is 13.1. The predicted molar refractivity (Wildman–Crippen MR) is 75.5 cm³/mol. The van der Waals surface area contributed by atoms with Crippen LogP contribution < -0.4 is 5.32 Å². The largest absolute Gasteiger partial charge is 0.396 e. The van der Waals surface area contributed by atoms with Gasteiger partial charge in [0.2, 0.25) is 0 Å². The van der Waals surface area contributed by atoms with Crippen LogP contribution in [0.15, 0.2) is 30.5 Å². The number of hydrogen-bond acceptors (Lipinski definition) is 2. The van der Waals surface area contributed by atoms with Gasteiger partial charge >= 0.3 is 0 Å². The van der Waals surface area contributed by atoms with Crippen LogP contribution in [0.2, 0.25) is 0 Å². The zero-order valence-electron chi connectivity index (χ0n) is 11.4. The Bertz CT molecular complexity index is 528. The zero-order chi connectivity index (χ0) is 13.2. The highest BCUT2D eigenvalue weighted by atomic mass is 16.3. The smallest absolute Gasteiger partial charge is 0.0481 e. The summed E-state index contributed by atoms with van der Waals surface area (Å²) in [6.45, 7) is 5.28. The quantitative estimate of drug-likeness (QED) is 0.850. The second-order valence-corrected chi connectivity index (χ2v) is 5.49. The van der Waals surface area contributed by atoms with Crippen LogP contribution in [0.4, 0.5) is 0 Å². The van der Waals surface area contributed by atoms with Gasteiger partial charge in [-0.25, -0.2) is 0 Å². The van der Waals surface area contributed by atoms with Crippen LogP contribution in [0.5, 0.6) is 0 Å². The van der Waals surface area contributed by atoms with Crippen LogP contribution in [0.3, 0.4) is 0 Å². The van der Waals surface area contributed by atoms with Crippen molar-refractivity contribution in [3.8, 4) is 0 Å². The minimum Gasteiger partial charge on any atom is -0.396 e. The molecule has 0 unspecified atom stereocenters. The van der Waals surface area contributed by atoms with Crippen LogP contribution in [0.1, 0.15) is 25.8 Å². The lowest BCUT2D eigenvalue weighted by Gasteiger charge is -2.25. The maximum absolute atomic E-state index is 9.03. The van der Waals surface area contributed by atoms with Crippen LogP contribution in [-0.2, 0) is 13.6 Å². The highest BCUT2D eigenvalue weighted by molar-refractivity contribution is 5.83. The molecule has 2 aromatic rings. The van der Waals surface area contributed by atoms with E-state index in [4.69, 9.17) is 5.11 Å². The fourth-order valence-electron chi connectivity index (χ4n) is 2.27. The number of nitrogens with one attached hydrogen (secondary N) is 1. The van der Waals surface area contributed by atoms with E-state index >= 15 is 0 Å². The van der Waals surface area contributed by atoms with E-state index in [1.54, 1.807) is 0 Å². The van der Waals surface area contributed by atoms with Crippen molar-refractivity contribution in [2.45, 2.75) is 32.4 Å². The summed E-state index contributed by atoms with van der Waals surface area (Å²) in [4.78, 5) is 0. The van der Waals surface area contributed by atoms with Crippen LogP contribution in [0.25, 0.3) is 10.9 Å². The van der Waals surface area contributed by atoms with Gasteiger partial charge in [0.05, 0.1) is 0 Å². The van der Waals surface area contributed by atoms with Crippen LogP contribution in [-0.4, -0.2) is 21.8 Å². The molecular formula is C15H22N2O. The molecule has 3 nitrogen and oxygen atoms in total. The van der Waals surface area contributed by atoms with Gasteiger partial charge in [0.25, 0.3) is 0 Å². The molecule has 1 aromatic carbocycles. The first-order valence-corrected chi connectivity index (χ1v) is 6.42. The molecule has 98 valence electrons. The molecule has 0 fully saturated rings. The summed E-state index contributed by atoms with van der Waals surface area (Å²) in [6, 6.07) is 8.43. The Labute approximate surface area is 108 Å². The van der Waals surface area contributed by atoms with E-state index in [0.29, 0.717) is 0 Å². The predicted octanol–water partition coefficient (Wildman–Crippen LogP) is 2.43. The van der Waals surface area contributed by atoms with Crippen molar-refractivity contribution in [1.82, 2.24) is 9.88 Å². The summed E-state index contributed by atoms with van der Waals surface area (Å²) in [5.41, 5.74) is 2.53. The van der Waals surface area contributed by atoms with Crippen LogP contribution >= 0.6 is 0 Å². The first-order valence-electron chi connectivity index (χ1n) is 6.42. The SMILES string of the molecule is Cn1cc(CNC(C)(C)CCO)c2ccccc21. The van der Waals surface area contributed by atoms with Crippen molar-refractivity contribution in [3.63, 3.8) is 0 Å². The highest BCUT2D eigenvalue weighted by Crippen LogP contribution is 2.21. The second-order valence-electron chi connectivity index (χ2n) is 5.49. The Morgan fingerprint density at radius 3 is 2.72 bits per heavy atom. The van der Waals surface area contributed by atoms with Gasteiger partial charge in [-0.1, -0.05) is 18.2 Å². The summed E-state index contributed by atoms with van der Waals surface area (Å²) >= 11 is 0. The number of aliphatic hydroxyl groups excluding tert-OH is 1. The van der Waals surface area contributed by atoms with E-state index in [0.717, 1.165) is 13.0 Å². The average molecular weight is 246 g/mol. The molecule has 3 heteroatoms. The molecule has 1 heterocycles. The molecule has 0 bridgehead atoms. The number of rotatable bonds is 5. The molecule has 0 aliphatic carbocycles. The summed E-state index contributed by atoms with van der Waals surface area (Å²) in [5.74, 6) is 0. The van der Waals surface area contributed by atoms with Gasteiger partial charge < -0.3 is 15.0 Å². The zero-order valence-corrected chi connectivity index (χ0v) is 11.4. The second kappa shape index (κ2) is 5.12. The normalized spacial score (nSPS) is 12.2. The Balaban J connectivity index is 2.17. The Morgan fingerprint density at radius 1 is 1.28 bits per heavy atom. The van der Waals surface area contributed by atoms with E-state index in [9.17, 15) is 0 Å². The van der Waals surface area contributed by atoms with Crippen molar-refractivity contribution in [3.05, 3.63) is 36.0 Å². The Morgan fingerprint density at radius 2 is 2.00 bits per heavy atom. The van der Waals surface area contributed by atoms with E-state index < -0.39 is 0 Å². The summed E-state index contributed by atoms with van der Waals surface area (Å²) in [7, 11) is 2.07. The molecule has 0 amide bonds. The van der Waals surface area contributed by atoms with E-state index in [2.05, 4.69) is 61.2 Å². The third-order valence-corrected chi connectivity index (χ3v) is 3.47. The Hall–Kier alpha value is -1.32. The molecule has 18 heavy (non-hydrogen) atoms. The highest BCUT2D eigenvalue weighted by Gasteiger charge is 2.16. The maximum Gasteiger partial charge on any atom is 0.0481 e. The van der Waals surface area contributed by atoms with Gasteiger partial charge in [-0.2, -0.15) is 0 Å². The van der Waals surface area contributed by atoms with Gasteiger partial charge in [0, 0.05) is 42.8 Å². The molecule has 0 aliphatic rings. The van der Waals surface area contributed by atoms with Crippen molar-refractivity contribution in [1.29, 1.82) is 0 Å². The van der Waals surface area contributed by atoms with E-state index in [1.165, 1.54) is 16.5 Å². The molecule has 2 rings (SSSR count). The molecule has 0 spiro atoms. The third kappa shape index (κ3) is 2.74. The van der Waals surface area contributed by atoms with Crippen molar-refractivity contribution in [2.75, 3.05) is 6.61 Å². The van der Waals surface area contributed by atoms with Crippen LogP contribution in [0, 0.1) is 0 Å². The molecule has 0 saturated carbocycles. The molecule has 0 aliphatic heterocycles. The molecule has 1 aromatic heterocycles.